The van der Waals surface area contributed by atoms with Crippen molar-refractivity contribution in [2.75, 3.05) is 6.54 Å². The van der Waals surface area contributed by atoms with Crippen LogP contribution < -0.4 is 5.32 Å². The Morgan fingerprint density at radius 1 is 1.07 bits per heavy atom. The molecular formula is C22H20N2O4. The minimum atomic E-state index is -0.352. The maximum Gasteiger partial charge on any atom is 0.261 e. The molecule has 6 nitrogen and oxygen atoms in total. The molecule has 0 aliphatic carbocycles. The lowest BCUT2D eigenvalue weighted by Crippen LogP contribution is -2.35. The fourth-order valence-electron chi connectivity index (χ4n) is 3.51. The second kappa shape index (κ2) is 6.96. The Kier molecular flexibility index (Phi) is 4.47. The monoisotopic (exact) mass is 376 g/mol. The van der Waals surface area contributed by atoms with Gasteiger partial charge in [0.05, 0.1) is 17.4 Å². The van der Waals surface area contributed by atoms with E-state index in [1.165, 1.54) is 11.0 Å². The lowest BCUT2D eigenvalue weighted by molar-refractivity contribution is 0.0609. The molecule has 0 unspecified atom stereocenters. The molecule has 2 aromatic carbocycles. The van der Waals surface area contributed by atoms with E-state index in [-0.39, 0.29) is 29.3 Å². The molecule has 0 saturated carbocycles. The average Bonchev–Trinajstić information content (AvgIpc) is 3.20. The van der Waals surface area contributed by atoms with E-state index in [9.17, 15) is 14.4 Å². The first-order chi connectivity index (χ1) is 13.5. The first kappa shape index (κ1) is 18.0. The van der Waals surface area contributed by atoms with E-state index in [1.54, 1.807) is 32.2 Å². The number of imide groups is 1. The molecule has 1 aliphatic rings. The highest BCUT2D eigenvalue weighted by atomic mass is 16.3. The highest BCUT2D eigenvalue weighted by molar-refractivity contribution is 6.22. The predicted molar refractivity (Wildman–Crippen MR) is 104 cm³/mol. The third-order valence-corrected chi connectivity index (χ3v) is 4.94. The number of para-hydroxylation sites is 1. The van der Waals surface area contributed by atoms with E-state index in [0.29, 0.717) is 24.1 Å². The van der Waals surface area contributed by atoms with Gasteiger partial charge in [0.2, 0.25) is 0 Å². The fraction of sp³-hybridized carbons (Fsp3) is 0.227. The first-order valence-corrected chi connectivity index (χ1v) is 9.22. The van der Waals surface area contributed by atoms with E-state index in [0.717, 1.165) is 16.5 Å². The number of hydrogen-bond donors (Lipinski definition) is 1. The average molecular weight is 376 g/mol. The Balaban J connectivity index is 1.45. The largest absolute Gasteiger partial charge is 0.464 e. The van der Waals surface area contributed by atoms with Crippen molar-refractivity contribution in [2.45, 2.75) is 26.3 Å². The molecular weight excluding hydrogens is 356 g/mol. The second-order valence-electron chi connectivity index (χ2n) is 7.10. The molecule has 1 N–H and O–H groups in total. The first-order valence-electron chi connectivity index (χ1n) is 9.22. The number of nitrogens with one attached hydrogen (secondary N) is 1. The van der Waals surface area contributed by atoms with Crippen LogP contribution in [0.3, 0.4) is 0 Å². The van der Waals surface area contributed by atoms with Gasteiger partial charge in [-0.2, -0.15) is 0 Å². The number of fused-ring (bicyclic) bond motifs is 2. The van der Waals surface area contributed by atoms with Gasteiger partial charge in [0.1, 0.15) is 5.58 Å². The summed E-state index contributed by atoms with van der Waals surface area (Å²) in [6, 6.07) is 12.2. The van der Waals surface area contributed by atoms with Crippen LogP contribution in [0.5, 0.6) is 0 Å². The van der Waals surface area contributed by atoms with E-state index in [4.69, 9.17) is 4.42 Å². The summed E-state index contributed by atoms with van der Waals surface area (Å²) in [5.74, 6) is -0.942. The van der Waals surface area contributed by atoms with Gasteiger partial charge in [0, 0.05) is 23.5 Å². The molecule has 0 fully saturated rings. The third-order valence-electron chi connectivity index (χ3n) is 4.94. The van der Waals surface area contributed by atoms with Gasteiger partial charge >= 0.3 is 0 Å². The molecule has 28 heavy (non-hydrogen) atoms. The predicted octanol–water partition coefficient (Wildman–Crippen LogP) is 3.41. The van der Waals surface area contributed by atoms with Crippen molar-refractivity contribution in [3.8, 4) is 0 Å². The Morgan fingerprint density at radius 2 is 1.82 bits per heavy atom. The van der Waals surface area contributed by atoms with Gasteiger partial charge in [-0.25, -0.2) is 0 Å². The highest BCUT2D eigenvalue weighted by Crippen LogP contribution is 2.26. The van der Waals surface area contributed by atoms with Crippen LogP contribution in [0, 0.1) is 0 Å². The summed E-state index contributed by atoms with van der Waals surface area (Å²) in [6.07, 6.45) is 2.34. The molecule has 0 saturated heterocycles. The van der Waals surface area contributed by atoms with Gasteiger partial charge in [-0.15, -0.1) is 0 Å². The zero-order valence-electron chi connectivity index (χ0n) is 15.7. The molecule has 142 valence electrons. The number of hydrogen-bond acceptors (Lipinski definition) is 4. The summed E-state index contributed by atoms with van der Waals surface area (Å²) < 4.78 is 5.51. The zero-order chi connectivity index (χ0) is 19.8. The number of rotatable bonds is 5. The lowest BCUT2D eigenvalue weighted by Gasteiger charge is -2.17. The lowest BCUT2D eigenvalue weighted by atomic mass is 10.1. The summed E-state index contributed by atoms with van der Waals surface area (Å²) in [5.41, 5.74) is 2.84. The Hall–Kier alpha value is -3.41. The molecule has 2 heterocycles. The van der Waals surface area contributed by atoms with Crippen molar-refractivity contribution in [3.05, 3.63) is 71.0 Å². The van der Waals surface area contributed by atoms with Gasteiger partial charge in [0.25, 0.3) is 17.7 Å². The summed E-state index contributed by atoms with van der Waals surface area (Å²) in [5, 5.41) is 3.90. The topological polar surface area (TPSA) is 79.6 Å². The van der Waals surface area contributed by atoms with Gasteiger partial charge in [-0.3, -0.25) is 19.3 Å². The molecule has 1 aliphatic heterocycles. The number of carbonyl (C=O) groups excluding carboxylic acids is 3. The van der Waals surface area contributed by atoms with Crippen molar-refractivity contribution < 1.29 is 18.8 Å². The van der Waals surface area contributed by atoms with Gasteiger partial charge < -0.3 is 9.73 Å². The second-order valence-corrected chi connectivity index (χ2v) is 7.10. The van der Waals surface area contributed by atoms with Crippen molar-refractivity contribution in [2.24, 2.45) is 0 Å². The highest BCUT2D eigenvalue weighted by Gasteiger charge is 2.37. The number of benzene rings is 2. The number of nitrogens with zero attached hydrogens (tertiary/aromatic N) is 1. The van der Waals surface area contributed by atoms with Gasteiger partial charge in [-0.1, -0.05) is 18.2 Å². The zero-order valence-corrected chi connectivity index (χ0v) is 15.7. The van der Waals surface area contributed by atoms with Crippen LogP contribution in [0.1, 0.15) is 50.5 Å². The number of amides is 3. The van der Waals surface area contributed by atoms with Gasteiger partial charge in [0.15, 0.2) is 0 Å². The van der Waals surface area contributed by atoms with Crippen molar-refractivity contribution in [3.63, 3.8) is 0 Å². The Morgan fingerprint density at radius 3 is 2.61 bits per heavy atom. The molecule has 6 heteroatoms. The maximum absolute atomic E-state index is 12.5. The van der Waals surface area contributed by atoms with Crippen LogP contribution in [0.15, 0.2) is 53.1 Å². The smallest absolute Gasteiger partial charge is 0.261 e. The molecule has 3 aromatic rings. The van der Waals surface area contributed by atoms with Crippen LogP contribution in [0.4, 0.5) is 0 Å². The van der Waals surface area contributed by atoms with Crippen LogP contribution in [-0.2, 0) is 6.42 Å². The number of furan rings is 1. The summed E-state index contributed by atoms with van der Waals surface area (Å²) >= 11 is 0. The SMILES string of the molecule is CC(C)N1C(=O)c2ccc(C(=O)NCCc3coc4ccccc34)cc2C1=O. The molecule has 0 radical (unpaired) electrons. The van der Waals surface area contributed by atoms with E-state index in [2.05, 4.69) is 5.32 Å². The number of carbonyl (C=O) groups is 3. The molecule has 0 spiro atoms. The standard InChI is InChI=1S/C22H20N2O4/c1-13(2)24-21(26)17-8-7-14(11-18(17)22(24)27)20(25)23-10-9-15-12-28-19-6-4-3-5-16(15)19/h3-8,11-13H,9-10H2,1-2H3,(H,23,25). The van der Waals surface area contributed by atoms with Crippen LogP contribution in [0.2, 0.25) is 0 Å². The maximum atomic E-state index is 12.5. The molecule has 0 bridgehead atoms. The minimum absolute atomic E-state index is 0.227. The molecule has 0 atom stereocenters. The summed E-state index contributed by atoms with van der Waals surface area (Å²) in [4.78, 5) is 38.5. The summed E-state index contributed by atoms with van der Waals surface area (Å²) in [6.45, 7) is 4.01. The molecule has 3 amide bonds. The van der Waals surface area contributed by atoms with Crippen molar-refractivity contribution in [1.82, 2.24) is 10.2 Å². The van der Waals surface area contributed by atoms with E-state index in [1.807, 2.05) is 24.3 Å². The van der Waals surface area contributed by atoms with Crippen molar-refractivity contribution in [1.29, 1.82) is 0 Å². The quantitative estimate of drug-likeness (QED) is 0.692. The molecule has 1 aromatic heterocycles. The van der Waals surface area contributed by atoms with Crippen LogP contribution in [-0.4, -0.2) is 35.2 Å². The van der Waals surface area contributed by atoms with E-state index < -0.39 is 0 Å². The molecule has 4 rings (SSSR count). The fourth-order valence-corrected chi connectivity index (χ4v) is 3.51. The van der Waals surface area contributed by atoms with Crippen molar-refractivity contribution >= 4 is 28.7 Å². The normalized spacial score (nSPS) is 13.5. The third kappa shape index (κ3) is 2.97. The minimum Gasteiger partial charge on any atom is -0.464 e. The van der Waals surface area contributed by atoms with Gasteiger partial charge in [-0.05, 0) is 50.1 Å². The van der Waals surface area contributed by atoms with E-state index >= 15 is 0 Å². The van der Waals surface area contributed by atoms with Crippen LogP contribution in [0.25, 0.3) is 11.0 Å². The Labute approximate surface area is 162 Å². The van der Waals surface area contributed by atoms with Crippen LogP contribution >= 0.6 is 0 Å². The Bertz CT molecular complexity index is 1100. The summed E-state index contributed by atoms with van der Waals surface area (Å²) in [7, 11) is 0.